The van der Waals surface area contributed by atoms with Crippen LogP contribution < -0.4 is 11.1 Å². The molecular formula is C32H37N7O. The monoisotopic (exact) mass is 535 g/mol. The lowest BCUT2D eigenvalue weighted by molar-refractivity contribution is -0.121. The van der Waals surface area contributed by atoms with Gasteiger partial charge < -0.3 is 20.5 Å². The summed E-state index contributed by atoms with van der Waals surface area (Å²) in [6.45, 7) is 7.71. The average Bonchev–Trinajstić information content (AvgIpc) is 3.62. The number of aromatic nitrogens is 2. The van der Waals surface area contributed by atoms with E-state index in [1.54, 1.807) is 0 Å². The second-order valence-electron chi connectivity index (χ2n) is 11.4. The molecule has 1 amide bonds. The molecule has 0 saturated carbocycles. The van der Waals surface area contributed by atoms with E-state index in [4.69, 9.17) is 16.1 Å². The predicted octanol–water partition coefficient (Wildman–Crippen LogP) is 5.49. The van der Waals surface area contributed by atoms with Gasteiger partial charge in [-0.3, -0.25) is 15.2 Å². The minimum absolute atomic E-state index is 0.0163. The van der Waals surface area contributed by atoms with E-state index in [1.807, 2.05) is 30.3 Å². The second-order valence-corrected chi connectivity index (χ2v) is 11.4. The molecule has 2 aliphatic rings. The molecular weight excluding hydrogens is 498 g/mol. The summed E-state index contributed by atoms with van der Waals surface area (Å²) in [5.74, 6) is 2.66. The van der Waals surface area contributed by atoms with E-state index in [2.05, 4.69) is 57.9 Å². The van der Waals surface area contributed by atoms with Crippen LogP contribution in [0, 0.1) is 11.3 Å². The van der Waals surface area contributed by atoms with Crippen LogP contribution in [0.4, 0.5) is 5.69 Å². The third-order valence-electron chi connectivity index (χ3n) is 8.20. The molecule has 206 valence electrons. The first-order chi connectivity index (χ1) is 19.4. The van der Waals surface area contributed by atoms with Crippen molar-refractivity contribution in [3.8, 4) is 0 Å². The Balaban J connectivity index is 1.23. The molecule has 0 radical (unpaired) electrons. The number of benzene rings is 3. The molecule has 0 aliphatic carbocycles. The Morgan fingerprint density at radius 2 is 1.88 bits per heavy atom. The van der Waals surface area contributed by atoms with E-state index < -0.39 is 0 Å². The lowest BCUT2D eigenvalue weighted by Crippen LogP contribution is -2.40. The molecule has 0 bridgehead atoms. The standard InChI is InChI=1S/C32H37N7O/c1-20(2)31-37-27-10-9-26(36-32(40)23-11-14-38(15-12-23)29-4-3-13-35-29)18-28(27)39(31)19-21-5-6-22-7-8-24(30(33)34)17-25(22)16-21/h5-10,16-18,20,23H,3-4,11-15,19H2,1-2H3,(H3,33,34)(H,36,40). The van der Waals surface area contributed by atoms with Gasteiger partial charge in [0, 0.05) is 55.7 Å². The zero-order valence-electron chi connectivity index (χ0n) is 23.3. The highest BCUT2D eigenvalue weighted by Crippen LogP contribution is 2.28. The summed E-state index contributed by atoms with van der Waals surface area (Å²) in [6, 6.07) is 18.3. The minimum atomic E-state index is 0.0163. The maximum Gasteiger partial charge on any atom is 0.227 e. The van der Waals surface area contributed by atoms with Crippen molar-refractivity contribution in [3.63, 3.8) is 0 Å². The van der Waals surface area contributed by atoms with E-state index in [1.165, 1.54) is 5.84 Å². The number of amides is 1. The summed E-state index contributed by atoms with van der Waals surface area (Å²) >= 11 is 0. The molecule has 4 N–H and O–H groups in total. The number of nitrogens with zero attached hydrogens (tertiary/aromatic N) is 4. The number of rotatable bonds is 6. The van der Waals surface area contributed by atoms with Crippen LogP contribution in [0.1, 0.15) is 62.4 Å². The van der Waals surface area contributed by atoms with E-state index in [-0.39, 0.29) is 23.6 Å². The van der Waals surface area contributed by atoms with E-state index in [0.29, 0.717) is 6.54 Å². The number of carbonyl (C=O) groups is 1. The molecule has 3 heterocycles. The molecule has 6 rings (SSSR count). The highest BCUT2D eigenvalue weighted by molar-refractivity contribution is 5.99. The van der Waals surface area contributed by atoms with Crippen molar-refractivity contribution in [1.82, 2.24) is 14.5 Å². The number of likely N-dealkylation sites (tertiary alicyclic amines) is 1. The SMILES string of the molecule is CC(C)c1nc2ccc(NC(=O)C3CCN(C4=NCCC4)CC3)cc2n1Cc1ccc2ccc(C(=N)N)cc2c1. The summed E-state index contributed by atoms with van der Waals surface area (Å²) in [6.07, 6.45) is 3.93. The zero-order valence-corrected chi connectivity index (χ0v) is 23.3. The molecule has 4 aromatic rings. The lowest BCUT2D eigenvalue weighted by atomic mass is 9.95. The van der Waals surface area contributed by atoms with Crippen LogP contribution in [0.2, 0.25) is 0 Å². The number of amidine groups is 2. The van der Waals surface area contributed by atoms with E-state index in [9.17, 15) is 4.79 Å². The largest absolute Gasteiger partial charge is 0.384 e. The van der Waals surface area contributed by atoms with Gasteiger partial charge in [-0.1, -0.05) is 38.1 Å². The van der Waals surface area contributed by atoms with Crippen LogP contribution in [0.15, 0.2) is 59.6 Å². The Labute approximate surface area is 234 Å². The number of fused-ring (bicyclic) bond motifs is 2. The Kier molecular flexibility index (Phi) is 7.00. The van der Waals surface area contributed by atoms with Crippen molar-refractivity contribution < 1.29 is 4.79 Å². The van der Waals surface area contributed by atoms with E-state index >= 15 is 0 Å². The first-order valence-corrected chi connectivity index (χ1v) is 14.3. The molecule has 0 unspecified atom stereocenters. The Bertz CT molecular complexity index is 1630. The third kappa shape index (κ3) is 5.18. The van der Waals surface area contributed by atoms with Gasteiger partial charge in [0.05, 0.1) is 16.9 Å². The number of imidazole rings is 1. The fraction of sp³-hybridized carbons (Fsp3) is 0.375. The molecule has 0 atom stereocenters. The van der Waals surface area contributed by atoms with Crippen molar-refractivity contribution in [2.75, 3.05) is 25.0 Å². The van der Waals surface area contributed by atoms with Gasteiger partial charge in [0.15, 0.2) is 0 Å². The van der Waals surface area contributed by atoms with Gasteiger partial charge in [0.2, 0.25) is 5.91 Å². The summed E-state index contributed by atoms with van der Waals surface area (Å²) in [7, 11) is 0. The molecule has 8 heteroatoms. The molecule has 0 spiro atoms. The number of nitrogens with one attached hydrogen (secondary N) is 2. The van der Waals surface area contributed by atoms with Crippen LogP contribution in [0.3, 0.4) is 0 Å². The first-order valence-electron chi connectivity index (χ1n) is 14.3. The van der Waals surface area contributed by atoms with Crippen LogP contribution in [-0.2, 0) is 11.3 Å². The summed E-state index contributed by atoms with van der Waals surface area (Å²) < 4.78 is 2.26. The zero-order chi connectivity index (χ0) is 27.8. The number of hydrogen-bond donors (Lipinski definition) is 3. The van der Waals surface area contributed by atoms with Crippen LogP contribution >= 0.6 is 0 Å². The maximum atomic E-state index is 13.2. The first kappa shape index (κ1) is 26.0. The fourth-order valence-electron chi connectivity index (χ4n) is 6.00. The Morgan fingerprint density at radius 3 is 2.60 bits per heavy atom. The normalized spacial score (nSPS) is 16.2. The number of carbonyl (C=O) groups excluding carboxylic acids is 1. The average molecular weight is 536 g/mol. The number of anilines is 1. The number of hydrogen-bond acceptors (Lipinski definition) is 5. The van der Waals surface area contributed by atoms with Crippen molar-refractivity contribution in [3.05, 3.63) is 71.5 Å². The molecule has 1 aromatic heterocycles. The van der Waals surface area contributed by atoms with Crippen LogP contribution in [0.5, 0.6) is 0 Å². The van der Waals surface area contributed by atoms with Gasteiger partial charge in [0.25, 0.3) is 0 Å². The van der Waals surface area contributed by atoms with Crippen molar-refractivity contribution in [1.29, 1.82) is 5.41 Å². The second kappa shape index (κ2) is 10.8. The molecule has 1 saturated heterocycles. The predicted molar refractivity (Wildman–Crippen MR) is 162 cm³/mol. The van der Waals surface area contributed by atoms with Gasteiger partial charge >= 0.3 is 0 Å². The molecule has 40 heavy (non-hydrogen) atoms. The fourth-order valence-corrected chi connectivity index (χ4v) is 6.00. The van der Waals surface area contributed by atoms with Gasteiger partial charge in [-0.2, -0.15) is 0 Å². The van der Waals surface area contributed by atoms with Crippen LogP contribution in [0.25, 0.3) is 21.8 Å². The number of aliphatic imine (C=N–C) groups is 1. The highest BCUT2D eigenvalue weighted by atomic mass is 16.1. The molecule has 2 aliphatic heterocycles. The number of piperidine rings is 1. The third-order valence-corrected chi connectivity index (χ3v) is 8.20. The van der Waals surface area contributed by atoms with E-state index in [0.717, 1.165) is 89.8 Å². The topological polar surface area (TPSA) is 112 Å². The van der Waals surface area contributed by atoms with Gasteiger partial charge in [-0.15, -0.1) is 0 Å². The summed E-state index contributed by atoms with van der Waals surface area (Å²) in [5, 5.41) is 13.2. The van der Waals surface area contributed by atoms with Gasteiger partial charge in [-0.25, -0.2) is 4.98 Å². The molecule has 8 nitrogen and oxygen atoms in total. The number of nitrogens with two attached hydrogens (primary N) is 1. The highest BCUT2D eigenvalue weighted by Gasteiger charge is 2.27. The maximum absolute atomic E-state index is 13.2. The van der Waals surface area contributed by atoms with Gasteiger partial charge in [-0.05, 0) is 65.9 Å². The van der Waals surface area contributed by atoms with Gasteiger partial charge in [0.1, 0.15) is 11.7 Å². The Morgan fingerprint density at radius 1 is 1.07 bits per heavy atom. The smallest absolute Gasteiger partial charge is 0.227 e. The van der Waals surface area contributed by atoms with Crippen molar-refractivity contribution in [2.45, 2.75) is 52.0 Å². The van der Waals surface area contributed by atoms with Crippen molar-refractivity contribution >= 4 is 45.1 Å². The number of nitrogen functional groups attached to an aromatic ring is 1. The summed E-state index contributed by atoms with van der Waals surface area (Å²) in [5.41, 5.74) is 10.3. The molecule has 1 fully saturated rings. The van der Waals surface area contributed by atoms with Crippen LogP contribution in [-0.4, -0.2) is 51.7 Å². The quantitative estimate of drug-likeness (QED) is 0.224. The lowest BCUT2D eigenvalue weighted by Gasteiger charge is -2.32. The minimum Gasteiger partial charge on any atom is -0.384 e. The Hall–Kier alpha value is -4.20. The van der Waals surface area contributed by atoms with Crippen molar-refractivity contribution in [2.24, 2.45) is 16.6 Å². The summed E-state index contributed by atoms with van der Waals surface area (Å²) in [4.78, 5) is 25.2. The molecule has 3 aromatic carbocycles.